The highest BCUT2D eigenvalue weighted by atomic mass is 32.1. The lowest BCUT2D eigenvalue weighted by Gasteiger charge is -2.06. The van der Waals surface area contributed by atoms with E-state index in [4.69, 9.17) is 5.73 Å². The Morgan fingerprint density at radius 2 is 1.90 bits per heavy atom. The van der Waals surface area contributed by atoms with Crippen LogP contribution in [0, 0.1) is 0 Å². The van der Waals surface area contributed by atoms with Crippen molar-refractivity contribution < 1.29 is 4.79 Å². The van der Waals surface area contributed by atoms with Crippen LogP contribution in [0.2, 0.25) is 0 Å². The van der Waals surface area contributed by atoms with Crippen molar-refractivity contribution in [2.75, 3.05) is 11.9 Å². The van der Waals surface area contributed by atoms with Gasteiger partial charge in [0.1, 0.15) is 5.01 Å². The van der Waals surface area contributed by atoms with Crippen LogP contribution in [0.4, 0.5) is 5.69 Å². The number of amides is 1. The Bertz CT molecular complexity index is 537. The van der Waals surface area contributed by atoms with Gasteiger partial charge in [-0.25, -0.2) is 4.98 Å². The van der Waals surface area contributed by atoms with Gasteiger partial charge in [-0.05, 0) is 43.7 Å². The first-order valence-corrected chi connectivity index (χ1v) is 8.17. The number of aromatic nitrogens is 1. The summed E-state index contributed by atoms with van der Waals surface area (Å²) in [6.45, 7) is 0.734. The third-order valence-corrected chi connectivity index (χ3v) is 4.03. The fraction of sp³-hybridized carbons (Fsp3) is 0.375. The van der Waals surface area contributed by atoms with E-state index in [0.717, 1.165) is 48.5 Å². The van der Waals surface area contributed by atoms with E-state index < -0.39 is 0 Å². The molecule has 1 heterocycles. The van der Waals surface area contributed by atoms with Crippen LogP contribution in [0.1, 0.15) is 32.1 Å². The number of benzene rings is 1. The lowest BCUT2D eigenvalue weighted by atomic mass is 10.1. The number of nitrogens with one attached hydrogen (secondary N) is 1. The largest absolute Gasteiger partial charge is 0.330 e. The molecule has 4 nitrogen and oxygen atoms in total. The molecule has 0 bridgehead atoms. The zero-order valence-electron chi connectivity index (χ0n) is 12.0. The summed E-state index contributed by atoms with van der Waals surface area (Å²) < 4.78 is 0. The number of rotatable bonds is 8. The number of hydrogen-bond acceptors (Lipinski definition) is 4. The summed E-state index contributed by atoms with van der Waals surface area (Å²) in [6.07, 6.45) is 6.49. The molecule has 0 aliphatic heterocycles. The van der Waals surface area contributed by atoms with Crippen molar-refractivity contribution in [3.05, 3.63) is 35.8 Å². The van der Waals surface area contributed by atoms with Gasteiger partial charge in [0.15, 0.2) is 0 Å². The molecular formula is C16H21N3OS. The third kappa shape index (κ3) is 5.28. The summed E-state index contributed by atoms with van der Waals surface area (Å²) in [4.78, 5) is 16.1. The van der Waals surface area contributed by atoms with Crippen molar-refractivity contribution in [2.24, 2.45) is 5.73 Å². The van der Waals surface area contributed by atoms with Gasteiger partial charge in [0.25, 0.3) is 0 Å². The van der Waals surface area contributed by atoms with Gasteiger partial charge in [-0.3, -0.25) is 4.79 Å². The molecule has 0 fully saturated rings. The second-order valence-corrected chi connectivity index (χ2v) is 5.81. The van der Waals surface area contributed by atoms with Crippen LogP contribution in [0.15, 0.2) is 35.8 Å². The maximum absolute atomic E-state index is 11.8. The molecule has 1 amide bonds. The number of anilines is 1. The number of nitrogens with two attached hydrogens (primary N) is 1. The average molecular weight is 303 g/mol. The van der Waals surface area contributed by atoms with Crippen molar-refractivity contribution in [2.45, 2.75) is 32.1 Å². The molecule has 0 aliphatic carbocycles. The zero-order valence-corrected chi connectivity index (χ0v) is 12.9. The smallest absolute Gasteiger partial charge is 0.224 e. The average Bonchev–Trinajstić information content (AvgIpc) is 3.02. The van der Waals surface area contributed by atoms with Gasteiger partial charge < -0.3 is 11.1 Å². The molecule has 5 heteroatoms. The minimum absolute atomic E-state index is 0.0738. The van der Waals surface area contributed by atoms with E-state index in [1.807, 2.05) is 29.6 Å². The summed E-state index contributed by atoms with van der Waals surface area (Å²) in [7, 11) is 0. The molecule has 112 valence electrons. The second-order valence-electron chi connectivity index (χ2n) is 4.92. The van der Waals surface area contributed by atoms with Crippen LogP contribution < -0.4 is 11.1 Å². The van der Waals surface area contributed by atoms with Gasteiger partial charge in [-0.1, -0.05) is 12.8 Å². The molecule has 1 aromatic heterocycles. The summed E-state index contributed by atoms with van der Waals surface area (Å²) in [6, 6.07) is 7.80. The summed E-state index contributed by atoms with van der Waals surface area (Å²) in [5, 5.41) is 5.87. The third-order valence-electron chi connectivity index (χ3n) is 3.21. The molecule has 0 spiro atoms. The topological polar surface area (TPSA) is 68.0 Å². The monoisotopic (exact) mass is 303 g/mol. The summed E-state index contributed by atoms with van der Waals surface area (Å²) in [5.41, 5.74) is 7.35. The second kappa shape index (κ2) is 8.54. The van der Waals surface area contributed by atoms with E-state index in [1.165, 1.54) is 0 Å². The Morgan fingerprint density at radius 3 is 2.57 bits per heavy atom. The Labute approximate surface area is 129 Å². The van der Waals surface area contributed by atoms with E-state index in [0.29, 0.717) is 6.42 Å². The lowest BCUT2D eigenvalue weighted by molar-refractivity contribution is -0.116. The first-order chi connectivity index (χ1) is 10.3. The van der Waals surface area contributed by atoms with Crippen LogP contribution in [-0.4, -0.2) is 17.4 Å². The van der Waals surface area contributed by atoms with Crippen molar-refractivity contribution in [1.82, 2.24) is 4.98 Å². The molecule has 1 aromatic carbocycles. The van der Waals surface area contributed by atoms with Crippen LogP contribution >= 0.6 is 11.3 Å². The SMILES string of the molecule is NCCCCCCC(=O)Nc1ccc(-c2nccs2)cc1. The predicted octanol–water partition coefficient (Wildman–Crippen LogP) is 3.66. The molecule has 0 atom stereocenters. The first kappa shape index (κ1) is 15.7. The molecular weight excluding hydrogens is 282 g/mol. The van der Waals surface area contributed by atoms with E-state index in [-0.39, 0.29) is 5.91 Å². The predicted molar refractivity (Wildman–Crippen MR) is 88.3 cm³/mol. The van der Waals surface area contributed by atoms with Gasteiger partial charge in [0.2, 0.25) is 5.91 Å². The van der Waals surface area contributed by atoms with Crippen LogP contribution in [-0.2, 0) is 4.79 Å². The molecule has 0 saturated carbocycles. The highest BCUT2D eigenvalue weighted by Gasteiger charge is 2.04. The number of carbonyl (C=O) groups is 1. The van der Waals surface area contributed by atoms with Crippen LogP contribution in [0.3, 0.4) is 0 Å². The van der Waals surface area contributed by atoms with E-state index in [1.54, 1.807) is 17.5 Å². The van der Waals surface area contributed by atoms with Crippen molar-refractivity contribution in [1.29, 1.82) is 0 Å². The Balaban J connectivity index is 1.76. The van der Waals surface area contributed by atoms with E-state index in [9.17, 15) is 4.79 Å². The van der Waals surface area contributed by atoms with Crippen LogP contribution in [0.5, 0.6) is 0 Å². The molecule has 0 radical (unpaired) electrons. The highest BCUT2D eigenvalue weighted by Crippen LogP contribution is 2.23. The number of nitrogens with zero attached hydrogens (tertiary/aromatic N) is 1. The van der Waals surface area contributed by atoms with Crippen LogP contribution in [0.25, 0.3) is 10.6 Å². The van der Waals surface area contributed by atoms with Crippen molar-refractivity contribution in [3.63, 3.8) is 0 Å². The minimum atomic E-state index is 0.0738. The highest BCUT2D eigenvalue weighted by molar-refractivity contribution is 7.13. The minimum Gasteiger partial charge on any atom is -0.330 e. The van der Waals surface area contributed by atoms with E-state index >= 15 is 0 Å². The number of thiazole rings is 1. The Kier molecular flexibility index (Phi) is 6.37. The summed E-state index contributed by atoms with van der Waals surface area (Å²) >= 11 is 1.61. The molecule has 21 heavy (non-hydrogen) atoms. The molecule has 0 aliphatic rings. The lowest BCUT2D eigenvalue weighted by Crippen LogP contribution is -2.11. The normalized spacial score (nSPS) is 10.5. The number of hydrogen-bond donors (Lipinski definition) is 2. The molecule has 3 N–H and O–H groups in total. The van der Waals surface area contributed by atoms with Gasteiger partial charge in [-0.15, -0.1) is 11.3 Å². The zero-order chi connectivity index (χ0) is 14.9. The standard InChI is InChI=1S/C16H21N3OS/c17-10-4-2-1-3-5-15(20)19-14-8-6-13(7-9-14)16-18-11-12-21-16/h6-9,11-12H,1-5,10,17H2,(H,19,20). The van der Waals surface area contributed by atoms with Gasteiger partial charge in [0, 0.05) is 29.2 Å². The van der Waals surface area contributed by atoms with Gasteiger partial charge in [0.05, 0.1) is 0 Å². The quantitative estimate of drug-likeness (QED) is 0.731. The fourth-order valence-corrected chi connectivity index (χ4v) is 2.71. The fourth-order valence-electron chi connectivity index (χ4n) is 2.07. The number of carbonyl (C=O) groups excluding carboxylic acids is 1. The number of unbranched alkanes of at least 4 members (excludes halogenated alkanes) is 3. The first-order valence-electron chi connectivity index (χ1n) is 7.29. The van der Waals surface area contributed by atoms with Gasteiger partial charge >= 0.3 is 0 Å². The van der Waals surface area contributed by atoms with Gasteiger partial charge in [-0.2, -0.15) is 0 Å². The van der Waals surface area contributed by atoms with Crippen molar-refractivity contribution >= 4 is 22.9 Å². The van der Waals surface area contributed by atoms with E-state index in [2.05, 4.69) is 10.3 Å². The molecule has 0 unspecified atom stereocenters. The van der Waals surface area contributed by atoms with Crippen molar-refractivity contribution in [3.8, 4) is 10.6 Å². The molecule has 0 saturated heterocycles. The summed E-state index contributed by atoms with van der Waals surface area (Å²) in [5.74, 6) is 0.0738. The Morgan fingerprint density at radius 1 is 1.14 bits per heavy atom. The maximum atomic E-state index is 11.8. The maximum Gasteiger partial charge on any atom is 0.224 e. The molecule has 2 aromatic rings. The Hall–Kier alpha value is -1.72. The molecule has 2 rings (SSSR count).